The fourth-order valence-electron chi connectivity index (χ4n) is 0.999. The molecule has 1 heterocycles. The lowest BCUT2D eigenvalue weighted by Crippen LogP contribution is -1.97. The normalized spacial score (nSPS) is 11.5. The highest BCUT2D eigenvalue weighted by Gasteiger charge is 2.05. The first kappa shape index (κ1) is 9.69. The van der Waals surface area contributed by atoms with Gasteiger partial charge in [-0.2, -0.15) is 10.2 Å². The minimum absolute atomic E-state index is 0.476. The molecule has 0 aromatic carbocycles. The number of aromatic nitrogens is 2. The monoisotopic (exact) mass is 176 g/mol. The molecule has 68 valence electrons. The quantitative estimate of drug-likeness (QED) is 0.706. The Morgan fingerprint density at radius 1 is 1.54 bits per heavy atom. The van der Waals surface area contributed by atoms with Crippen LogP contribution >= 0.6 is 0 Å². The van der Waals surface area contributed by atoms with E-state index in [1.54, 1.807) is 25.4 Å². The third-order valence-electron chi connectivity index (χ3n) is 1.71. The zero-order valence-corrected chi connectivity index (χ0v) is 7.57. The molecular formula is C10H12N2O. The van der Waals surface area contributed by atoms with Gasteiger partial charge in [0, 0.05) is 18.2 Å². The van der Waals surface area contributed by atoms with Gasteiger partial charge in [0.25, 0.3) is 0 Å². The van der Waals surface area contributed by atoms with Gasteiger partial charge in [-0.15, -0.1) is 11.8 Å². The summed E-state index contributed by atoms with van der Waals surface area (Å²) in [7, 11) is 0. The fraction of sp³-hybridized carbons (Fsp3) is 0.400. The molecule has 0 amide bonds. The molecule has 0 aliphatic rings. The summed E-state index contributed by atoms with van der Waals surface area (Å²) in [5.74, 6) is 5.69. The highest BCUT2D eigenvalue weighted by atomic mass is 16.3. The topological polar surface area (TPSA) is 46.0 Å². The highest BCUT2D eigenvalue weighted by Crippen LogP contribution is 2.15. The Hall–Kier alpha value is -1.40. The molecule has 0 saturated heterocycles. The summed E-state index contributed by atoms with van der Waals surface area (Å²) in [4.78, 5) is 0. The molecule has 0 spiro atoms. The number of aliphatic hydroxyl groups is 1. The molecule has 0 fully saturated rings. The Kier molecular flexibility index (Phi) is 3.94. The van der Waals surface area contributed by atoms with Crippen LogP contribution in [0.5, 0.6) is 0 Å². The first-order valence-corrected chi connectivity index (χ1v) is 4.19. The van der Waals surface area contributed by atoms with Crippen molar-refractivity contribution in [2.45, 2.75) is 25.9 Å². The van der Waals surface area contributed by atoms with E-state index >= 15 is 0 Å². The van der Waals surface area contributed by atoms with Crippen molar-refractivity contribution in [1.82, 2.24) is 10.2 Å². The molecule has 0 aliphatic carbocycles. The van der Waals surface area contributed by atoms with Gasteiger partial charge in [0.05, 0.1) is 12.3 Å². The van der Waals surface area contributed by atoms with Crippen LogP contribution in [0.4, 0.5) is 0 Å². The van der Waals surface area contributed by atoms with Crippen LogP contribution in [0.1, 0.15) is 31.4 Å². The van der Waals surface area contributed by atoms with E-state index in [4.69, 9.17) is 0 Å². The van der Waals surface area contributed by atoms with Crippen LogP contribution in [0.25, 0.3) is 0 Å². The van der Waals surface area contributed by atoms with Crippen molar-refractivity contribution in [3.05, 3.63) is 24.0 Å². The lowest BCUT2D eigenvalue weighted by Gasteiger charge is -2.06. The molecule has 1 N–H and O–H groups in total. The van der Waals surface area contributed by atoms with Gasteiger partial charge in [0.15, 0.2) is 0 Å². The van der Waals surface area contributed by atoms with Gasteiger partial charge in [-0.3, -0.25) is 0 Å². The number of aliphatic hydroxyl groups excluding tert-OH is 1. The Bertz CT molecular complexity index is 300. The van der Waals surface area contributed by atoms with Gasteiger partial charge >= 0.3 is 0 Å². The second-order valence-electron chi connectivity index (χ2n) is 2.66. The van der Waals surface area contributed by atoms with E-state index in [0.717, 1.165) is 5.56 Å². The summed E-state index contributed by atoms with van der Waals surface area (Å²) in [6.45, 7) is 1.79. The largest absolute Gasteiger partial charge is 0.388 e. The first-order chi connectivity index (χ1) is 6.34. The molecule has 1 rings (SSSR count). The molecule has 3 heteroatoms. The van der Waals surface area contributed by atoms with E-state index in [0.29, 0.717) is 12.8 Å². The number of hydrogen-bond donors (Lipinski definition) is 1. The van der Waals surface area contributed by atoms with Crippen LogP contribution in [-0.2, 0) is 0 Å². The Morgan fingerprint density at radius 3 is 3.00 bits per heavy atom. The first-order valence-electron chi connectivity index (χ1n) is 4.19. The minimum atomic E-state index is -0.476. The zero-order valence-electron chi connectivity index (χ0n) is 7.57. The Labute approximate surface area is 77.8 Å². The highest BCUT2D eigenvalue weighted by molar-refractivity contribution is 5.09. The van der Waals surface area contributed by atoms with E-state index < -0.39 is 6.10 Å². The van der Waals surface area contributed by atoms with Crippen LogP contribution in [0.15, 0.2) is 18.5 Å². The standard InChI is InChI=1S/C10H12N2O/c1-2-3-4-5-10(13)9-6-7-11-12-8-9/h6-8,10,13H,4-5H2,1H3. The summed E-state index contributed by atoms with van der Waals surface area (Å²) >= 11 is 0. The lowest BCUT2D eigenvalue weighted by molar-refractivity contribution is 0.169. The molecule has 0 saturated carbocycles. The van der Waals surface area contributed by atoms with Crippen LogP contribution in [-0.4, -0.2) is 15.3 Å². The maximum atomic E-state index is 9.61. The van der Waals surface area contributed by atoms with Crippen molar-refractivity contribution in [3.63, 3.8) is 0 Å². The molecule has 1 aromatic rings. The van der Waals surface area contributed by atoms with Crippen LogP contribution in [0.3, 0.4) is 0 Å². The summed E-state index contributed by atoms with van der Waals surface area (Å²) in [5, 5.41) is 16.9. The molecule has 0 aliphatic heterocycles. The smallest absolute Gasteiger partial charge is 0.0815 e. The van der Waals surface area contributed by atoms with Gasteiger partial charge in [0.1, 0.15) is 0 Å². The van der Waals surface area contributed by atoms with Crippen molar-refractivity contribution in [2.75, 3.05) is 0 Å². The minimum Gasteiger partial charge on any atom is -0.388 e. The summed E-state index contributed by atoms with van der Waals surface area (Å²) in [5.41, 5.74) is 0.799. The van der Waals surface area contributed by atoms with Crippen molar-refractivity contribution >= 4 is 0 Å². The van der Waals surface area contributed by atoms with E-state index in [9.17, 15) is 5.11 Å². The molecular weight excluding hydrogens is 164 g/mol. The predicted octanol–water partition coefficient (Wildman–Crippen LogP) is 1.31. The molecule has 1 aromatic heterocycles. The molecule has 0 bridgehead atoms. The van der Waals surface area contributed by atoms with Gasteiger partial charge < -0.3 is 5.11 Å². The molecule has 0 radical (unpaired) electrons. The third-order valence-corrected chi connectivity index (χ3v) is 1.71. The second kappa shape index (κ2) is 5.28. The average molecular weight is 176 g/mol. The molecule has 3 nitrogen and oxygen atoms in total. The van der Waals surface area contributed by atoms with E-state index in [2.05, 4.69) is 22.0 Å². The van der Waals surface area contributed by atoms with Gasteiger partial charge in [-0.25, -0.2) is 0 Å². The van der Waals surface area contributed by atoms with Gasteiger partial charge in [-0.05, 0) is 19.4 Å². The molecule has 1 atom stereocenters. The number of rotatable bonds is 3. The zero-order chi connectivity index (χ0) is 9.52. The van der Waals surface area contributed by atoms with Gasteiger partial charge in [-0.1, -0.05) is 0 Å². The van der Waals surface area contributed by atoms with Crippen molar-refractivity contribution in [2.24, 2.45) is 0 Å². The molecule has 13 heavy (non-hydrogen) atoms. The lowest BCUT2D eigenvalue weighted by atomic mass is 10.1. The predicted molar refractivity (Wildman–Crippen MR) is 49.7 cm³/mol. The number of nitrogens with zero attached hydrogens (tertiary/aromatic N) is 2. The summed E-state index contributed by atoms with van der Waals surface area (Å²) in [6.07, 6.45) is 4.03. The van der Waals surface area contributed by atoms with Crippen LogP contribution in [0.2, 0.25) is 0 Å². The van der Waals surface area contributed by atoms with Crippen LogP contribution in [0, 0.1) is 11.8 Å². The van der Waals surface area contributed by atoms with Crippen molar-refractivity contribution in [3.8, 4) is 11.8 Å². The van der Waals surface area contributed by atoms with E-state index in [1.165, 1.54) is 0 Å². The summed E-state index contributed by atoms with van der Waals surface area (Å²) in [6, 6.07) is 1.76. The maximum Gasteiger partial charge on any atom is 0.0815 e. The fourth-order valence-corrected chi connectivity index (χ4v) is 0.999. The van der Waals surface area contributed by atoms with Crippen molar-refractivity contribution < 1.29 is 5.11 Å². The summed E-state index contributed by atoms with van der Waals surface area (Å²) < 4.78 is 0. The van der Waals surface area contributed by atoms with Crippen LogP contribution < -0.4 is 0 Å². The second-order valence-corrected chi connectivity index (χ2v) is 2.66. The van der Waals surface area contributed by atoms with Gasteiger partial charge in [0.2, 0.25) is 0 Å². The molecule has 1 unspecified atom stereocenters. The SMILES string of the molecule is CC#CCCC(O)c1ccnnc1. The van der Waals surface area contributed by atoms with Crippen molar-refractivity contribution in [1.29, 1.82) is 0 Å². The maximum absolute atomic E-state index is 9.61. The van der Waals surface area contributed by atoms with E-state index in [-0.39, 0.29) is 0 Å². The van der Waals surface area contributed by atoms with E-state index in [1.807, 2.05) is 0 Å². The Morgan fingerprint density at radius 2 is 2.38 bits per heavy atom. The Balaban J connectivity index is 2.47. The third kappa shape index (κ3) is 3.22. The average Bonchev–Trinajstić information content (AvgIpc) is 2.19. The number of hydrogen-bond acceptors (Lipinski definition) is 3.